The summed E-state index contributed by atoms with van der Waals surface area (Å²) in [5, 5.41) is 13.0. The fourth-order valence-electron chi connectivity index (χ4n) is 1.67. The van der Waals surface area contributed by atoms with E-state index in [2.05, 4.69) is 11.9 Å². The first-order valence-corrected chi connectivity index (χ1v) is 7.03. The van der Waals surface area contributed by atoms with Gasteiger partial charge in [0.15, 0.2) is 11.5 Å². The van der Waals surface area contributed by atoms with Crippen LogP contribution < -0.4 is 19.5 Å². The molecule has 0 aliphatic carbocycles. The lowest BCUT2D eigenvalue weighted by Gasteiger charge is -2.18. The monoisotopic (exact) mass is 295 g/mol. The molecule has 1 aromatic carbocycles. The van der Waals surface area contributed by atoms with Gasteiger partial charge in [-0.3, -0.25) is 0 Å². The Morgan fingerprint density at radius 2 is 2.00 bits per heavy atom. The molecule has 0 fully saturated rings. The Labute approximate surface area is 126 Å². The normalized spacial score (nSPS) is 12.0. The molecule has 2 N–H and O–H groups in total. The average molecular weight is 295 g/mol. The molecule has 118 valence electrons. The first-order valence-electron chi connectivity index (χ1n) is 7.03. The molecule has 5 nitrogen and oxygen atoms in total. The third-order valence-corrected chi connectivity index (χ3v) is 2.70. The number of nitrogens with one attached hydrogen (secondary N) is 1. The molecular formula is C16H25NO4. The lowest BCUT2D eigenvalue weighted by Crippen LogP contribution is -2.35. The SMILES string of the molecule is C=CCOc1c(OC)cccc1OCC(O)CNC(C)C. The van der Waals surface area contributed by atoms with Gasteiger partial charge in [0.2, 0.25) is 5.75 Å². The molecule has 0 heterocycles. The van der Waals surface area contributed by atoms with Crippen LogP contribution in [0.15, 0.2) is 30.9 Å². The molecule has 0 amide bonds. The van der Waals surface area contributed by atoms with Crippen LogP contribution in [-0.4, -0.2) is 44.1 Å². The number of ether oxygens (including phenoxy) is 3. The fourth-order valence-corrected chi connectivity index (χ4v) is 1.67. The van der Waals surface area contributed by atoms with E-state index in [-0.39, 0.29) is 6.61 Å². The van der Waals surface area contributed by atoms with Crippen LogP contribution in [-0.2, 0) is 0 Å². The van der Waals surface area contributed by atoms with Crippen LogP contribution in [0.3, 0.4) is 0 Å². The predicted molar refractivity (Wildman–Crippen MR) is 83.3 cm³/mol. The summed E-state index contributed by atoms with van der Waals surface area (Å²) in [5.41, 5.74) is 0. The topological polar surface area (TPSA) is 60.0 Å². The van der Waals surface area contributed by atoms with E-state index in [1.54, 1.807) is 25.3 Å². The van der Waals surface area contributed by atoms with Gasteiger partial charge in [-0.05, 0) is 12.1 Å². The summed E-state index contributed by atoms with van der Waals surface area (Å²) < 4.78 is 16.5. The van der Waals surface area contributed by atoms with Gasteiger partial charge >= 0.3 is 0 Å². The van der Waals surface area contributed by atoms with Crippen LogP contribution in [0, 0.1) is 0 Å². The zero-order valence-corrected chi connectivity index (χ0v) is 13.0. The molecule has 0 aliphatic rings. The Kier molecular flexibility index (Phi) is 7.64. The van der Waals surface area contributed by atoms with Gasteiger partial charge < -0.3 is 24.6 Å². The Morgan fingerprint density at radius 3 is 2.62 bits per heavy atom. The number of aliphatic hydroxyl groups is 1. The molecule has 1 rings (SSSR count). The first-order chi connectivity index (χ1) is 10.1. The van der Waals surface area contributed by atoms with E-state index in [4.69, 9.17) is 14.2 Å². The zero-order valence-electron chi connectivity index (χ0n) is 13.0. The van der Waals surface area contributed by atoms with Gasteiger partial charge in [0.05, 0.1) is 7.11 Å². The Bertz CT molecular complexity index is 434. The molecule has 0 radical (unpaired) electrons. The first kappa shape index (κ1) is 17.3. The summed E-state index contributed by atoms with van der Waals surface area (Å²) in [6.45, 7) is 8.68. The van der Waals surface area contributed by atoms with E-state index in [1.807, 2.05) is 19.9 Å². The highest BCUT2D eigenvalue weighted by molar-refractivity contribution is 5.51. The second-order valence-electron chi connectivity index (χ2n) is 4.91. The molecule has 0 bridgehead atoms. The number of para-hydroxylation sites is 1. The molecule has 0 aromatic heterocycles. The van der Waals surface area contributed by atoms with Crippen molar-refractivity contribution in [1.29, 1.82) is 0 Å². The number of methoxy groups -OCH3 is 1. The molecule has 1 unspecified atom stereocenters. The van der Waals surface area contributed by atoms with Crippen molar-refractivity contribution in [2.75, 3.05) is 26.9 Å². The summed E-state index contributed by atoms with van der Waals surface area (Å²) in [6.07, 6.45) is 1.06. The summed E-state index contributed by atoms with van der Waals surface area (Å²) >= 11 is 0. The van der Waals surface area contributed by atoms with E-state index in [0.29, 0.717) is 36.4 Å². The second kappa shape index (κ2) is 9.26. The second-order valence-corrected chi connectivity index (χ2v) is 4.91. The lowest BCUT2D eigenvalue weighted by atomic mass is 10.3. The van der Waals surface area contributed by atoms with Crippen molar-refractivity contribution < 1.29 is 19.3 Å². The van der Waals surface area contributed by atoms with Crippen LogP contribution in [0.2, 0.25) is 0 Å². The van der Waals surface area contributed by atoms with Crippen molar-refractivity contribution in [2.45, 2.75) is 26.0 Å². The minimum Gasteiger partial charge on any atom is -0.493 e. The van der Waals surface area contributed by atoms with Crippen LogP contribution in [0.4, 0.5) is 0 Å². The minimum atomic E-state index is -0.592. The van der Waals surface area contributed by atoms with Crippen molar-refractivity contribution >= 4 is 0 Å². The standard InChI is InChI=1S/C16H25NO4/c1-5-9-20-16-14(19-4)7-6-8-15(16)21-11-13(18)10-17-12(2)3/h5-8,12-13,17-18H,1,9-11H2,2-4H3. The van der Waals surface area contributed by atoms with Gasteiger partial charge in [-0.1, -0.05) is 32.6 Å². The van der Waals surface area contributed by atoms with Crippen molar-refractivity contribution in [3.63, 3.8) is 0 Å². The molecule has 1 aromatic rings. The van der Waals surface area contributed by atoms with Crippen LogP contribution in [0.1, 0.15) is 13.8 Å². The highest BCUT2D eigenvalue weighted by Crippen LogP contribution is 2.37. The Hall–Kier alpha value is -1.72. The smallest absolute Gasteiger partial charge is 0.203 e. The maximum absolute atomic E-state index is 9.88. The predicted octanol–water partition coefficient (Wildman–Crippen LogP) is 2.00. The Balaban J connectivity index is 2.66. The maximum Gasteiger partial charge on any atom is 0.203 e. The molecule has 0 saturated heterocycles. The van der Waals surface area contributed by atoms with Gasteiger partial charge in [0, 0.05) is 12.6 Å². The number of hydrogen-bond acceptors (Lipinski definition) is 5. The maximum atomic E-state index is 9.88. The summed E-state index contributed by atoms with van der Waals surface area (Å²) in [4.78, 5) is 0. The average Bonchev–Trinajstić information content (AvgIpc) is 2.48. The molecule has 0 aliphatic heterocycles. The molecule has 21 heavy (non-hydrogen) atoms. The van der Waals surface area contributed by atoms with Crippen molar-refractivity contribution in [1.82, 2.24) is 5.32 Å². The van der Waals surface area contributed by atoms with Gasteiger partial charge in [-0.25, -0.2) is 0 Å². The highest BCUT2D eigenvalue weighted by Gasteiger charge is 2.13. The van der Waals surface area contributed by atoms with Gasteiger partial charge in [0.25, 0.3) is 0 Å². The molecule has 0 saturated carbocycles. The van der Waals surface area contributed by atoms with Crippen molar-refractivity contribution in [3.8, 4) is 17.2 Å². The molecule has 5 heteroatoms. The summed E-state index contributed by atoms with van der Waals surface area (Å²) in [6, 6.07) is 5.71. The molecule has 0 spiro atoms. The molecule has 1 atom stereocenters. The van der Waals surface area contributed by atoms with E-state index >= 15 is 0 Å². The third-order valence-electron chi connectivity index (χ3n) is 2.70. The number of rotatable bonds is 10. The molecular weight excluding hydrogens is 270 g/mol. The van der Waals surface area contributed by atoms with Crippen LogP contribution >= 0.6 is 0 Å². The van der Waals surface area contributed by atoms with E-state index < -0.39 is 6.10 Å². The zero-order chi connectivity index (χ0) is 15.7. The summed E-state index contributed by atoms with van der Waals surface area (Å²) in [7, 11) is 1.57. The van der Waals surface area contributed by atoms with E-state index in [9.17, 15) is 5.11 Å². The fraction of sp³-hybridized carbons (Fsp3) is 0.500. The largest absolute Gasteiger partial charge is 0.493 e. The van der Waals surface area contributed by atoms with Crippen LogP contribution in [0.25, 0.3) is 0 Å². The quantitative estimate of drug-likeness (QED) is 0.647. The van der Waals surface area contributed by atoms with Gasteiger partial charge in [0.1, 0.15) is 19.3 Å². The van der Waals surface area contributed by atoms with Crippen LogP contribution in [0.5, 0.6) is 17.2 Å². The summed E-state index contributed by atoms with van der Waals surface area (Å²) in [5.74, 6) is 1.65. The van der Waals surface area contributed by atoms with Gasteiger partial charge in [-0.2, -0.15) is 0 Å². The van der Waals surface area contributed by atoms with Crippen molar-refractivity contribution in [3.05, 3.63) is 30.9 Å². The van der Waals surface area contributed by atoms with E-state index in [0.717, 1.165) is 0 Å². The number of benzene rings is 1. The highest BCUT2D eigenvalue weighted by atomic mass is 16.5. The minimum absolute atomic E-state index is 0.178. The Morgan fingerprint density at radius 1 is 1.29 bits per heavy atom. The van der Waals surface area contributed by atoms with E-state index in [1.165, 1.54) is 0 Å². The number of hydrogen-bond donors (Lipinski definition) is 2. The van der Waals surface area contributed by atoms with Gasteiger partial charge in [-0.15, -0.1) is 0 Å². The lowest BCUT2D eigenvalue weighted by molar-refractivity contribution is 0.102. The number of aliphatic hydroxyl groups excluding tert-OH is 1. The van der Waals surface area contributed by atoms with Crippen molar-refractivity contribution in [2.24, 2.45) is 0 Å². The third kappa shape index (κ3) is 6.06.